The van der Waals surface area contributed by atoms with Gasteiger partial charge in [-0.05, 0) is 104 Å². The number of hydrogen-bond donors (Lipinski definition) is 1. The Bertz CT molecular complexity index is 1410. The fourth-order valence-corrected chi connectivity index (χ4v) is 5.34. The van der Waals surface area contributed by atoms with Crippen molar-refractivity contribution in [3.63, 3.8) is 0 Å². The van der Waals surface area contributed by atoms with Crippen LogP contribution in [0.15, 0.2) is 102 Å². The maximum absolute atomic E-state index is 14.0. The Hall–Kier alpha value is -3.41. The minimum atomic E-state index is -0.837. The first-order chi connectivity index (χ1) is 17.8. The zero-order valence-corrected chi connectivity index (χ0v) is 21.8. The van der Waals surface area contributed by atoms with Gasteiger partial charge >= 0.3 is 0 Å². The van der Waals surface area contributed by atoms with Gasteiger partial charge in [-0.25, -0.2) is 8.78 Å². The molecule has 3 nitrogen and oxygen atoms in total. The highest BCUT2D eigenvalue weighted by molar-refractivity contribution is 6.31. The molecule has 0 amide bonds. The van der Waals surface area contributed by atoms with E-state index in [1.54, 1.807) is 24.3 Å². The zero-order chi connectivity index (χ0) is 26.2. The normalized spacial score (nSPS) is 20.0. The molecule has 0 spiro atoms. The molecule has 1 heterocycles. The summed E-state index contributed by atoms with van der Waals surface area (Å²) in [5.41, 5.74) is 2.56. The van der Waals surface area contributed by atoms with Gasteiger partial charge < -0.3 is 10.2 Å². The lowest BCUT2D eigenvalue weighted by Gasteiger charge is -2.40. The van der Waals surface area contributed by atoms with Crippen LogP contribution < -0.4 is 10.2 Å². The third-order valence-corrected chi connectivity index (χ3v) is 7.45. The van der Waals surface area contributed by atoms with Gasteiger partial charge in [0.2, 0.25) is 0 Å². The van der Waals surface area contributed by atoms with E-state index in [-0.39, 0.29) is 23.7 Å². The Morgan fingerprint density at radius 3 is 1.86 bits per heavy atom. The van der Waals surface area contributed by atoms with Gasteiger partial charge in [0.25, 0.3) is 0 Å². The van der Waals surface area contributed by atoms with Crippen molar-refractivity contribution in [2.75, 3.05) is 10.2 Å². The van der Waals surface area contributed by atoms with Crippen LogP contribution in [-0.2, 0) is 5.54 Å². The molecular formula is C30H25Cl2F2N3. The van der Waals surface area contributed by atoms with Crippen LogP contribution in [0.5, 0.6) is 0 Å². The molecule has 3 atom stereocenters. The Kier molecular flexibility index (Phi) is 6.93. The summed E-state index contributed by atoms with van der Waals surface area (Å²) in [6.45, 7) is 4.16. The summed E-state index contributed by atoms with van der Waals surface area (Å²) in [6, 6.07) is 27.4. The fourth-order valence-electron chi connectivity index (χ4n) is 5.09. The van der Waals surface area contributed by atoms with Crippen molar-refractivity contribution < 1.29 is 8.78 Å². The van der Waals surface area contributed by atoms with E-state index in [2.05, 4.69) is 24.1 Å². The molecule has 0 bridgehead atoms. The lowest BCUT2D eigenvalue weighted by atomic mass is 9.78. The van der Waals surface area contributed by atoms with E-state index < -0.39 is 5.54 Å². The summed E-state index contributed by atoms with van der Waals surface area (Å²) in [6.07, 6.45) is 0. The lowest BCUT2D eigenvalue weighted by molar-refractivity contribution is 0.355. The van der Waals surface area contributed by atoms with Gasteiger partial charge in [-0.1, -0.05) is 35.3 Å². The number of hydrogen-bond acceptors (Lipinski definition) is 3. The Morgan fingerprint density at radius 2 is 1.30 bits per heavy atom. The molecule has 1 aliphatic heterocycles. The van der Waals surface area contributed by atoms with Gasteiger partial charge in [0.05, 0.1) is 12.1 Å². The van der Waals surface area contributed by atoms with Crippen LogP contribution in [-0.4, -0.2) is 17.9 Å². The quantitative estimate of drug-likeness (QED) is 0.268. The molecule has 5 rings (SSSR count). The molecule has 0 saturated heterocycles. The minimum Gasteiger partial charge on any atom is -0.380 e. The SMILES string of the molecule is CC(Nc1ccc(Cl)cc1)C1(c2ccc(F)cc2)N=C(c2ccc(F)cc2)N(c2ccc(Cl)cc2)C1C. The summed E-state index contributed by atoms with van der Waals surface area (Å²) >= 11 is 12.3. The van der Waals surface area contributed by atoms with Crippen LogP contribution in [0, 0.1) is 11.6 Å². The Morgan fingerprint density at radius 1 is 0.784 bits per heavy atom. The molecular weight excluding hydrogens is 511 g/mol. The monoisotopic (exact) mass is 535 g/mol. The van der Waals surface area contributed by atoms with Gasteiger partial charge in [-0.3, -0.25) is 4.99 Å². The summed E-state index contributed by atoms with van der Waals surface area (Å²) in [5, 5.41) is 4.86. The Balaban J connectivity index is 1.70. The summed E-state index contributed by atoms with van der Waals surface area (Å²) in [7, 11) is 0. The van der Waals surface area contributed by atoms with Crippen LogP contribution in [0.25, 0.3) is 0 Å². The molecule has 0 saturated carbocycles. The van der Waals surface area contributed by atoms with E-state index in [9.17, 15) is 8.78 Å². The molecule has 37 heavy (non-hydrogen) atoms. The standard InChI is InChI=1S/C30H25Cl2F2N3/c1-19(35-27-15-7-23(31)8-16-27)30(22-5-13-26(34)14-6-22)20(2)37(28-17-9-24(32)10-18-28)29(36-30)21-3-11-25(33)12-4-21/h3-20,35H,1-2H3. The maximum atomic E-state index is 14.0. The van der Waals surface area contributed by atoms with Crippen molar-refractivity contribution in [2.24, 2.45) is 4.99 Å². The fraction of sp³-hybridized carbons (Fsp3) is 0.167. The van der Waals surface area contributed by atoms with Crippen molar-refractivity contribution in [2.45, 2.75) is 31.5 Å². The van der Waals surface area contributed by atoms with E-state index in [4.69, 9.17) is 28.2 Å². The maximum Gasteiger partial charge on any atom is 0.136 e. The Labute approximate surface area is 225 Å². The van der Waals surface area contributed by atoms with Gasteiger partial charge in [-0.2, -0.15) is 0 Å². The highest BCUT2D eigenvalue weighted by atomic mass is 35.5. The van der Waals surface area contributed by atoms with E-state index in [0.29, 0.717) is 15.9 Å². The predicted octanol–water partition coefficient (Wildman–Crippen LogP) is 8.32. The van der Waals surface area contributed by atoms with E-state index >= 15 is 0 Å². The van der Waals surface area contributed by atoms with Crippen LogP contribution in [0.2, 0.25) is 10.0 Å². The topological polar surface area (TPSA) is 27.6 Å². The largest absolute Gasteiger partial charge is 0.380 e. The molecule has 4 aromatic rings. The zero-order valence-electron chi connectivity index (χ0n) is 20.3. The molecule has 0 fully saturated rings. The number of amidine groups is 1. The van der Waals surface area contributed by atoms with Crippen LogP contribution in [0.3, 0.4) is 0 Å². The minimum absolute atomic E-state index is 0.214. The molecule has 1 aliphatic rings. The predicted molar refractivity (Wildman–Crippen MR) is 149 cm³/mol. The second-order valence-electron chi connectivity index (χ2n) is 9.17. The third kappa shape index (κ3) is 4.81. The van der Waals surface area contributed by atoms with Crippen LogP contribution in [0.1, 0.15) is 25.0 Å². The molecule has 0 aliphatic carbocycles. The number of rotatable bonds is 6. The number of halogens is 4. The summed E-state index contributed by atoms with van der Waals surface area (Å²) in [4.78, 5) is 7.50. The molecule has 3 unspecified atom stereocenters. The highest BCUT2D eigenvalue weighted by Gasteiger charge is 2.52. The second kappa shape index (κ2) is 10.2. The van der Waals surface area contributed by atoms with Gasteiger partial charge in [0.15, 0.2) is 0 Å². The number of nitrogens with zero attached hydrogens (tertiary/aromatic N) is 2. The van der Waals surface area contributed by atoms with Crippen molar-refractivity contribution in [1.82, 2.24) is 0 Å². The van der Waals surface area contributed by atoms with E-state index in [1.807, 2.05) is 48.5 Å². The number of benzene rings is 4. The van der Waals surface area contributed by atoms with Crippen molar-refractivity contribution in [3.05, 3.63) is 130 Å². The first-order valence-electron chi connectivity index (χ1n) is 12.0. The summed E-state index contributed by atoms with van der Waals surface area (Å²) < 4.78 is 27.9. The average Bonchev–Trinajstić information content (AvgIpc) is 3.20. The average molecular weight is 536 g/mol. The van der Waals surface area contributed by atoms with Crippen molar-refractivity contribution in [1.29, 1.82) is 0 Å². The number of nitrogens with one attached hydrogen (secondary N) is 1. The van der Waals surface area contributed by atoms with Gasteiger partial charge in [0.1, 0.15) is 23.0 Å². The molecule has 0 aromatic heterocycles. The van der Waals surface area contributed by atoms with E-state index in [1.165, 1.54) is 24.3 Å². The molecule has 188 valence electrons. The van der Waals surface area contributed by atoms with Crippen molar-refractivity contribution in [3.8, 4) is 0 Å². The third-order valence-electron chi connectivity index (χ3n) is 6.94. The van der Waals surface area contributed by atoms with E-state index in [0.717, 1.165) is 22.5 Å². The second-order valence-corrected chi connectivity index (χ2v) is 10.0. The highest BCUT2D eigenvalue weighted by Crippen LogP contribution is 2.45. The number of anilines is 2. The number of aliphatic imine (C=N–C) groups is 1. The first-order valence-corrected chi connectivity index (χ1v) is 12.7. The first kappa shape index (κ1) is 25.2. The smallest absolute Gasteiger partial charge is 0.136 e. The molecule has 4 aromatic carbocycles. The molecule has 7 heteroatoms. The van der Waals surface area contributed by atoms with Crippen LogP contribution in [0.4, 0.5) is 20.2 Å². The van der Waals surface area contributed by atoms with Gasteiger partial charge in [0, 0.05) is 27.0 Å². The van der Waals surface area contributed by atoms with Crippen LogP contribution >= 0.6 is 23.2 Å². The van der Waals surface area contributed by atoms with Crippen molar-refractivity contribution >= 4 is 40.4 Å². The van der Waals surface area contributed by atoms with Gasteiger partial charge in [-0.15, -0.1) is 0 Å². The molecule has 0 radical (unpaired) electrons. The summed E-state index contributed by atoms with van der Waals surface area (Å²) in [5.74, 6) is 0.0417. The molecule has 1 N–H and O–H groups in total. The lowest BCUT2D eigenvalue weighted by Crippen LogP contribution is -2.52.